The Balaban J connectivity index is 1.61. The maximum absolute atomic E-state index is 3.56. The van der Waals surface area contributed by atoms with Crippen molar-refractivity contribution < 1.29 is 0 Å². The van der Waals surface area contributed by atoms with Crippen molar-refractivity contribution in [2.45, 2.75) is 39.7 Å². The van der Waals surface area contributed by atoms with E-state index in [2.05, 4.69) is 41.6 Å². The molecule has 1 atom stereocenters. The molecular formula is C16H28N2S. The van der Waals surface area contributed by atoms with E-state index in [0.717, 1.165) is 24.9 Å². The third kappa shape index (κ3) is 5.25. The van der Waals surface area contributed by atoms with Gasteiger partial charge in [-0.2, -0.15) is 0 Å². The van der Waals surface area contributed by atoms with Crippen LogP contribution in [0.5, 0.6) is 0 Å². The van der Waals surface area contributed by atoms with Crippen LogP contribution in [-0.4, -0.2) is 31.1 Å². The number of nitrogens with zero attached hydrogens (tertiary/aromatic N) is 1. The second-order valence-electron chi connectivity index (χ2n) is 6.03. The van der Waals surface area contributed by atoms with Crippen molar-refractivity contribution in [1.82, 2.24) is 10.2 Å². The third-order valence-corrected chi connectivity index (χ3v) is 5.17. The second-order valence-corrected chi connectivity index (χ2v) is 7.07. The lowest BCUT2D eigenvalue weighted by Crippen LogP contribution is -2.32. The molecule has 0 amide bonds. The molecule has 1 aromatic heterocycles. The molecule has 108 valence electrons. The summed E-state index contributed by atoms with van der Waals surface area (Å²) in [5, 5.41) is 5.71. The normalized spacial score (nSPS) is 21.7. The molecule has 0 aliphatic carbocycles. The zero-order valence-corrected chi connectivity index (χ0v) is 13.2. The largest absolute Gasteiger partial charge is 0.311 e. The minimum atomic E-state index is 0.858. The average molecular weight is 280 g/mol. The maximum atomic E-state index is 3.56. The lowest BCUT2D eigenvalue weighted by Gasteiger charge is -2.21. The predicted molar refractivity (Wildman–Crippen MR) is 84.6 cm³/mol. The molecule has 1 unspecified atom stereocenters. The minimum absolute atomic E-state index is 0.858. The summed E-state index contributed by atoms with van der Waals surface area (Å²) in [7, 11) is 0. The summed E-state index contributed by atoms with van der Waals surface area (Å²) in [4.78, 5) is 4.08. The van der Waals surface area contributed by atoms with Gasteiger partial charge in [-0.1, -0.05) is 19.9 Å². The number of thiophene rings is 1. The maximum Gasteiger partial charge on any atom is 0.0300 e. The van der Waals surface area contributed by atoms with Crippen LogP contribution in [0.25, 0.3) is 0 Å². The molecule has 2 heterocycles. The van der Waals surface area contributed by atoms with E-state index in [1.165, 1.54) is 43.8 Å². The van der Waals surface area contributed by atoms with Crippen LogP contribution in [0.15, 0.2) is 17.5 Å². The van der Waals surface area contributed by atoms with E-state index in [4.69, 9.17) is 0 Å². The summed E-state index contributed by atoms with van der Waals surface area (Å²) in [6, 6.07) is 4.33. The molecule has 0 saturated carbocycles. The molecule has 2 nitrogen and oxygen atoms in total. The van der Waals surface area contributed by atoms with Gasteiger partial charge in [0, 0.05) is 24.5 Å². The highest BCUT2D eigenvalue weighted by molar-refractivity contribution is 7.09. The van der Waals surface area contributed by atoms with Crippen LogP contribution in [0.1, 0.15) is 38.0 Å². The molecule has 1 aliphatic rings. The highest BCUT2D eigenvalue weighted by Gasteiger charge is 2.18. The summed E-state index contributed by atoms with van der Waals surface area (Å²) in [6.45, 7) is 10.7. The summed E-state index contributed by atoms with van der Waals surface area (Å²) in [5.74, 6) is 1.81. The van der Waals surface area contributed by atoms with Crippen molar-refractivity contribution in [3.05, 3.63) is 22.4 Å². The summed E-state index contributed by atoms with van der Waals surface area (Å²) < 4.78 is 0. The van der Waals surface area contributed by atoms with Crippen LogP contribution in [0.2, 0.25) is 0 Å². The number of hydrogen-bond donors (Lipinski definition) is 1. The number of hydrogen-bond acceptors (Lipinski definition) is 3. The van der Waals surface area contributed by atoms with Gasteiger partial charge in [0.05, 0.1) is 0 Å². The smallest absolute Gasteiger partial charge is 0.0300 e. The predicted octanol–water partition coefficient (Wildman–Crippen LogP) is 3.60. The van der Waals surface area contributed by atoms with E-state index in [-0.39, 0.29) is 0 Å². The summed E-state index contributed by atoms with van der Waals surface area (Å²) in [6.07, 6.45) is 4.20. The Kier molecular flexibility index (Phi) is 6.35. The van der Waals surface area contributed by atoms with Crippen LogP contribution < -0.4 is 5.32 Å². The molecule has 1 N–H and O–H groups in total. The van der Waals surface area contributed by atoms with E-state index in [0.29, 0.717) is 0 Å². The topological polar surface area (TPSA) is 15.3 Å². The average Bonchev–Trinajstić information content (AvgIpc) is 2.79. The lowest BCUT2D eigenvalue weighted by molar-refractivity contribution is 0.271. The van der Waals surface area contributed by atoms with Crippen LogP contribution in [-0.2, 0) is 6.54 Å². The van der Waals surface area contributed by atoms with Crippen molar-refractivity contribution >= 4 is 11.3 Å². The first-order valence-electron chi connectivity index (χ1n) is 7.71. The standard InChI is InChI=1S/C16H28N2S/c1-14(2)15-5-3-9-18(10-7-15)11-8-17-13-16-6-4-12-19-16/h4,6,12,14-15,17H,3,5,7-11,13H2,1-2H3. The van der Waals surface area contributed by atoms with Gasteiger partial charge in [-0.3, -0.25) is 0 Å². The SMILES string of the molecule is CC(C)C1CCCN(CCNCc2cccs2)CC1. The van der Waals surface area contributed by atoms with Gasteiger partial charge in [0.25, 0.3) is 0 Å². The summed E-state index contributed by atoms with van der Waals surface area (Å²) >= 11 is 1.84. The molecule has 1 aromatic rings. The third-order valence-electron chi connectivity index (χ3n) is 4.29. The van der Waals surface area contributed by atoms with Crippen LogP contribution in [0.4, 0.5) is 0 Å². The number of rotatable bonds is 6. The molecule has 1 saturated heterocycles. The van der Waals surface area contributed by atoms with Crippen molar-refractivity contribution in [3.8, 4) is 0 Å². The van der Waals surface area contributed by atoms with Gasteiger partial charge in [0.2, 0.25) is 0 Å². The number of likely N-dealkylation sites (tertiary alicyclic amines) is 1. The fourth-order valence-corrected chi connectivity index (χ4v) is 3.61. The molecular weight excluding hydrogens is 252 g/mol. The fraction of sp³-hybridized carbons (Fsp3) is 0.750. The Hall–Kier alpha value is -0.380. The highest BCUT2D eigenvalue weighted by Crippen LogP contribution is 2.24. The molecule has 2 rings (SSSR count). The first kappa shape index (κ1) is 15.0. The Labute approximate surface area is 122 Å². The van der Waals surface area contributed by atoms with Gasteiger partial charge in [0.15, 0.2) is 0 Å². The van der Waals surface area contributed by atoms with Gasteiger partial charge in [-0.15, -0.1) is 11.3 Å². The van der Waals surface area contributed by atoms with E-state index in [1.807, 2.05) is 11.3 Å². The first-order chi connectivity index (χ1) is 9.25. The fourth-order valence-electron chi connectivity index (χ4n) is 2.93. The number of nitrogens with one attached hydrogen (secondary N) is 1. The molecule has 3 heteroatoms. The minimum Gasteiger partial charge on any atom is -0.311 e. The monoisotopic (exact) mass is 280 g/mol. The van der Waals surface area contributed by atoms with E-state index < -0.39 is 0 Å². The van der Waals surface area contributed by atoms with Gasteiger partial charge >= 0.3 is 0 Å². The van der Waals surface area contributed by atoms with E-state index >= 15 is 0 Å². The first-order valence-corrected chi connectivity index (χ1v) is 8.59. The molecule has 0 spiro atoms. The molecule has 0 radical (unpaired) electrons. The molecule has 0 bridgehead atoms. The Bertz CT molecular complexity index is 335. The summed E-state index contributed by atoms with van der Waals surface area (Å²) in [5.41, 5.74) is 0. The molecule has 1 fully saturated rings. The van der Waals surface area contributed by atoms with Crippen molar-refractivity contribution in [2.24, 2.45) is 11.8 Å². The van der Waals surface area contributed by atoms with Crippen molar-refractivity contribution in [2.75, 3.05) is 26.2 Å². The molecule has 1 aliphatic heterocycles. The lowest BCUT2D eigenvalue weighted by atomic mass is 9.89. The Morgan fingerprint density at radius 3 is 3.00 bits per heavy atom. The van der Waals surface area contributed by atoms with Crippen LogP contribution in [0, 0.1) is 11.8 Å². The van der Waals surface area contributed by atoms with Crippen LogP contribution in [0.3, 0.4) is 0 Å². The highest BCUT2D eigenvalue weighted by atomic mass is 32.1. The van der Waals surface area contributed by atoms with Crippen LogP contribution >= 0.6 is 11.3 Å². The molecule has 0 aromatic carbocycles. The van der Waals surface area contributed by atoms with Gasteiger partial charge < -0.3 is 10.2 Å². The Morgan fingerprint density at radius 1 is 1.37 bits per heavy atom. The quantitative estimate of drug-likeness (QED) is 0.801. The van der Waals surface area contributed by atoms with Crippen molar-refractivity contribution in [1.29, 1.82) is 0 Å². The van der Waals surface area contributed by atoms with Gasteiger partial charge in [0.1, 0.15) is 0 Å². The van der Waals surface area contributed by atoms with Gasteiger partial charge in [-0.25, -0.2) is 0 Å². The molecule has 19 heavy (non-hydrogen) atoms. The Morgan fingerprint density at radius 2 is 2.26 bits per heavy atom. The van der Waals surface area contributed by atoms with E-state index in [1.54, 1.807) is 0 Å². The zero-order valence-electron chi connectivity index (χ0n) is 12.4. The van der Waals surface area contributed by atoms with Crippen molar-refractivity contribution in [3.63, 3.8) is 0 Å². The zero-order chi connectivity index (χ0) is 13.5. The van der Waals surface area contributed by atoms with E-state index in [9.17, 15) is 0 Å². The second kappa shape index (κ2) is 8.03. The van der Waals surface area contributed by atoms with Gasteiger partial charge in [-0.05, 0) is 55.6 Å².